The Morgan fingerprint density at radius 3 is 2.57 bits per heavy atom. The van der Waals surface area contributed by atoms with Gasteiger partial charge in [-0.1, -0.05) is 18.2 Å². The quantitative estimate of drug-likeness (QED) is 0.911. The first-order chi connectivity index (χ1) is 10.9. The van der Waals surface area contributed by atoms with Gasteiger partial charge in [0.25, 0.3) is 0 Å². The van der Waals surface area contributed by atoms with Crippen molar-refractivity contribution in [3.63, 3.8) is 0 Å². The number of sulfonamides is 1. The lowest BCUT2D eigenvalue weighted by Gasteiger charge is -2.24. The number of rotatable bonds is 5. The van der Waals surface area contributed by atoms with Gasteiger partial charge in [-0.15, -0.1) is 0 Å². The molecule has 0 saturated heterocycles. The minimum absolute atomic E-state index is 0.0898. The van der Waals surface area contributed by atoms with Gasteiger partial charge in [0.15, 0.2) is 0 Å². The van der Waals surface area contributed by atoms with Gasteiger partial charge in [-0.25, -0.2) is 13.6 Å². The maximum atomic E-state index is 11.2. The number of hydrogen-bond donors (Lipinski definition) is 1. The second kappa shape index (κ2) is 6.22. The molecule has 2 aromatic rings. The third-order valence-electron chi connectivity index (χ3n) is 4.10. The molecule has 1 aliphatic rings. The molecule has 0 aromatic heterocycles. The summed E-state index contributed by atoms with van der Waals surface area (Å²) in [5.74, 6) is 0.637. The lowest BCUT2D eigenvalue weighted by Crippen LogP contribution is -2.33. The molecule has 0 fully saturated rings. The van der Waals surface area contributed by atoms with Gasteiger partial charge in [-0.2, -0.15) is 0 Å². The van der Waals surface area contributed by atoms with E-state index in [2.05, 4.69) is 36.1 Å². The van der Waals surface area contributed by atoms with Crippen molar-refractivity contribution in [1.29, 1.82) is 0 Å². The normalized spacial score (nSPS) is 17.1. The van der Waals surface area contributed by atoms with E-state index < -0.39 is 10.0 Å². The minimum Gasteiger partial charge on any atom is -0.492 e. The Morgan fingerprint density at radius 1 is 1.17 bits per heavy atom. The molecule has 0 spiro atoms. The Morgan fingerprint density at radius 2 is 1.87 bits per heavy atom. The first-order valence-electron chi connectivity index (χ1n) is 7.55. The lowest BCUT2D eigenvalue weighted by molar-refractivity contribution is 0.321. The van der Waals surface area contributed by atoms with Crippen LogP contribution in [-0.4, -0.2) is 27.6 Å². The molecule has 1 aliphatic heterocycles. The van der Waals surface area contributed by atoms with E-state index >= 15 is 0 Å². The number of ether oxygens (including phenoxy) is 1. The highest BCUT2D eigenvalue weighted by Gasteiger charge is 2.24. The summed E-state index contributed by atoms with van der Waals surface area (Å²) in [6.45, 7) is 3.53. The topological polar surface area (TPSA) is 72.6 Å². The predicted molar refractivity (Wildman–Crippen MR) is 90.3 cm³/mol. The van der Waals surface area contributed by atoms with Crippen LogP contribution in [-0.2, 0) is 16.4 Å². The standard InChI is InChI=1S/C17H20N2O3S/c1-13-12-14-4-2-3-5-17(14)19(13)10-11-22-15-6-8-16(9-7-15)23(18,20)21/h2-9,13H,10-12H2,1H3,(H2,18,20,21)/t13-/m0/s1. The molecule has 23 heavy (non-hydrogen) atoms. The zero-order valence-electron chi connectivity index (χ0n) is 13.0. The monoisotopic (exact) mass is 332 g/mol. The second-order valence-corrected chi connectivity index (χ2v) is 7.30. The third kappa shape index (κ3) is 3.48. The van der Waals surface area contributed by atoms with Crippen LogP contribution in [0, 0.1) is 0 Å². The Labute approximate surface area is 136 Å². The van der Waals surface area contributed by atoms with Crippen molar-refractivity contribution in [3.05, 3.63) is 54.1 Å². The summed E-state index contributed by atoms with van der Waals surface area (Å²) in [4.78, 5) is 2.43. The summed E-state index contributed by atoms with van der Waals surface area (Å²) in [5, 5.41) is 5.07. The van der Waals surface area contributed by atoms with Gasteiger partial charge in [0.1, 0.15) is 12.4 Å². The fourth-order valence-electron chi connectivity index (χ4n) is 2.96. The van der Waals surface area contributed by atoms with E-state index in [0.717, 1.165) is 13.0 Å². The molecule has 0 bridgehead atoms. The molecule has 2 aromatic carbocycles. The largest absolute Gasteiger partial charge is 0.492 e. The van der Waals surface area contributed by atoms with Crippen molar-refractivity contribution < 1.29 is 13.2 Å². The third-order valence-corrected chi connectivity index (χ3v) is 5.03. The molecule has 122 valence electrons. The van der Waals surface area contributed by atoms with Crippen LogP contribution in [0.15, 0.2) is 53.4 Å². The molecule has 0 unspecified atom stereocenters. The SMILES string of the molecule is C[C@H]1Cc2ccccc2N1CCOc1ccc(S(N)(=O)=O)cc1. The van der Waals surface area contributed by atoms with Gasteiger partial charge in [0.2, 0.25) is 10.0 Å². The molecule has 5 nitrogen and oxygen atoms in total. The van der Waals surface area contributed by atoms with Crippen molar-refractivity contribution in [2.45, 2.75) is 24.3 Å². The highest BCUT2D eigenvalue weighted by Crippen LogP contribution is 2.31. The Hall–Kier alpha value is -2.05. The molecule has 0 saturated carbocycles. The molecule has 0 aliphatic carbocycles. The van der Waals surface area contributed by atoms with Crippen molar-refractivity contribution in [3.8, 4) is 5.75 Å². The molecule has 2 N–H and O–H groups in total. The highest BCUT2D eigenvalue weighted by atomic mass is 32.2. The highest BCUT2D eigenvalue weighted by molar-refractivity contribution is 7.89. The van der Waals surface area contributed by atoms with Crippen LogP contribution < -0.4 is 14.8 Å². The van der Waals surface area contributed by atoms with E-state index in [1.165, 1.54) is 23.4 Å². The van der Waals surface area contributed by atoms with E-state index in [-0.39, 0.29) is 4.90 Å². The number of fused-ring (bicyclic) bond motifs is 1. The number of anilines is 1. The Kier molecular flexibility index (Phi) is 4.28. The lowest BCUT2D eigenvalue weighted by atomic mass is 10.1. The fraction of sp³-hybridized carbons (Fsp3) is 0.294. The number of benzene rings is 2. The van der Waals surface area contributed by atoms with Crippen LogP contribution in [0.4, 0.5) is 5.69 Å². The molecular weight excluding hydrogens is 312 g/mol. The first-order valence-corrected chi connectivity index (χ1v) is 9.10. The van der Waals surface area contributed by atoms with Crippen LogP contribution in [0.1, 0.15) is 12.5 Å². The summed E-state index contributed by atoms with van der Waals surface area (Å²) in [6, 6.07) is 15.0. The van der Waals surface area contributed by atoms with E-state index in [4.69, 9.17) is 9.88 Å². The molecule has 0 radical (unpaired) electrons. The van der Waals surface area contributed by atoms with Crippen LogP contribution in [0.25, 0.3) is 0 Å². The number of nitrogens with zero attached hydrogens (tertiary/aromatic N) is 1. The zero-order valence-corrected chi connectivity index (χ0v) is 13.8. The molecule has 1 heterocycles. The summed E-state index contributed by atoms with van der Waals surface area (Å²) < 4.78 is 28.2. The number of primary sulfonamides is 1. The molecule has 6 heteroatoms. The molecule has 1 atom stereocenters. The molecule has 3 rings (SSSR count). The van der Waals surface area contributed by atoms with E-state index in [0.29, 0.717) is 18.4 Å². The average Bonchev–Trinajstić information content (AvgIpc) is 2.83. The summed E-state index contributed by atoms with van der Waals surface area (Å²) >= 11 is 0. The van der Waals surface area contributed by atoms with E-state index in [9.17, 15) is 8.42 Å². The van der Waals surface area contributed by atoms with Gasteiger partial charge in [-0.05, 0) is 49.2 Å². The van der Waals surface area contributed by atoms with Crippen LogP contribution in [0.5, 0.6) is 5.75 Å². The summed E-state index contributed by atoms with van der Waals surface area (Å²) in [7, 11) is -3.66. The maximum absolute atomic E-state index is 11.2. The smallest absolute Gasteiger partial charge is 0.238 e. The summed E-state index contributed by atoms with van der Waals surface area (Å²) in [5.41, 5.74) is 2.64. The average molecular weight is 332 g/mol. The van der Waals surface area contributed by atoms with Gasteiger partial charge in [0.05, 0.1) is 11.4 Å². The van der Waals surface area contributed by atoms with Crippen molar-refractivity contribution in [1.82, 2.24) is 0 Å². The van der Waals surface area contributed by atoms with Crippen LogP contribution >= 0.6 is 0 Å². The minimum atomic E-state index is -3.66. The Balaban J connectivity index is 1.60. The maximum Gasteiger partial charge on any atom is 0.238 e. The second-order valence-electron chi connectivity index (χ2n) is 5.74. The van der Waals surface area contributed by atoms with Crippen molar-refractivity contribution >= 4 is 15.7 Å². The van der Waals surface area contributed by atoms with Crippen molar-refractivity contribution in [2.75, 3.05) is 18.1 Å². The number of hydrogen-bond acceptors (Lipinski definition) is 4. The van der Waals surface area contributed by atoms with Gasteiger partial charge >= 0.3 is 0 Å². The fourth-order valence-corrected chi connectivity index (χ4v) is 3.47. The first kappa shape index (κ1) is 15.8. The van der Waals surface area contributed by atoms with Crippen molar-refractivity contribution in [2.24, 2.45) is 5.14 Å². The number of para-hydroxylation sites is 1. The van der Waals surface area contributed by atoms with Gasteiger partial charge < -0.3 is 9.64 Å². The van der Waals surface area contributed by atoms with E-state index in [1.807, 2.05) is 0 Å². The molecule has 0 amide bonds. The van der Waals surface area contributed by atoms with Gasteiger partial charge in [-0.3, -0.25) is 0 Å². The van der Waals surface area contributed by atoms with E-state index in [1.54, 1.807) is 12.1 Å². The molecular formula is C17H20N2O3S. The van der Waals surface area contributed by atoms with Crippen LogP contribution in [0.2, 0.25) is 0 Å². The zero-order chi connectivity index (χ0) is 16.4. The predicted octanol–water partition coefficient (Wildman–Crippen LogP) is 2.16. The summed E-state index contributed by atoms with van der Waals surface area (Å²) in [6.07, 6.45) is 1.05. The van der Waals surface area contributed by atoms with Crippen LogP contribution in [0.3, 0.4) is 0 Å². The van der Waals surface area contributed by atoms with Gasteiger partial charge in [0, 0.05) is 11.7 Å². The Bertz CT molecular complexity index is 788. The number of nitrogens with two attached hydrogens (primary N) is 1.